The molecule has 3 rings (SSSR count). The second-order valence-corrected chi connectivity index (χ2v) is 5.95. The van der Waals surface area contributed by atoms with E-state index < -0.39 is 0 Å². The predicted molar refractivity (Wildman–Crippen MR) is 90.1 cm³/mol. The van der Waals surface area contributed by atoms with Gasteiger partial charge >= 0.3 is 0 Å². The lowest BCUT2D eigenvalue weighted by Crippen LogP contribution is -2.27. The van der Waals surface area contributed by atoms with Crippen molar-refractivity contribution in [1.82, 2.24) is 9.88 Å². The molecular formula is C18H17ClN2O2. The first-order valence-corrected chi connectivity index (χ1v) is 7.76. The van der Waals surface area contributed by atoms with E-state index in [1.807, 2.05) is 49.4 Å². The Morgan fingerprint density at radius 3 is 2.74 bits per heavy atom. The van der Waals surface area contributed by atoms with Gasteiger partial charge in [-0.3, -0.25) is 4.79 Å². The molecule has 0 saturated carbocycles. The molecule has 1 heterocycles. The van der Waals surface area contributed by atoms with Crippen LogP contribution in [0.5, 0.6) is 0 Å². The molecule has 4 nitrogen and oxygen atoms in total. The van der Waals surface area contributed by atoms with Crippen molar-refractivity contribution >= 4 is 28.6 Å². The van der Waals surface area contributed by atoms with Crippen LogP contribution in [0, 0.1) is 6.92 Å². The van der Waals surface area contributed by atoms with E-state index in [0.29, 0.717) is 24.0 Å². The van der Waals surface area contributed by atoms with Crippen LogP contribution >= 0.6 is 11.6 Å². The van der Waals surface area contributed by atoms with Gasteiger partial charge in [0.2, 0.25) is 11.8 Å². The summed E-state index contributed by atoms with van der Waals surface area (Å²) in [5.74, 6) is 0.469. The van der Waals surface area contributed by atoms with Crippen LogP contribution in [-0.2, 0) is 17.9 Å². The summed E-state index contributed by atoms with van der Waals surface area (Å²) in [6.07, 6.45) is 0. The zero-order valence-electron chi connectivity index (χ0n) is 13.0. The first kappa shape index (κ1) is 15.6. The molecule has 0 unspecified atom stereocenters. The lowest BCUT2D eigenvalue weighted by molar-refractivity contribution is -0.130. The maximum absolute atomic E-state index is 11.9. The lowest BCUT2D eigenvalue weighted by atomic mass is 10.2. The van der Waals surface area contributed by atoms with E-state index in [9.17, 15) is 4.79 Å². The van der Waals surface area contributed by atoms with Gasteiger partial charge in [0.25, 0.3) is 0 Å². The largest absolute Gasteiger partial charge is 0.439 e. The number of carbonyl (C=O) groups excluding carboxylic acids is 1. The number of amides is 1. The molecule has 3 aromatic rings. The Labute approximate surface area is 139 Å². The van der Waals surface area contributed by atoms with E-state index in [2.05, 4.69) is 4.98 Å². The van der Waals surface area contributed by atoms with E-state index in [-0.39, 0.29) is 5.91 Å². The average molecular weight is 329 g/mol. The van der Waals surface area contributed by atoms with Gasteiger partial charge in [0.1, 0.15) is 5.52 Å². The van der Waals surface area contributed by atoms with Crippen molar-refractivity contribution in [3.8, 4) is 0 Å². The monoisotopic (exact) mass is 328 g/mol. The van der Waals surface area contributed by atoms with Crippen LogP contribution < -0.4 is 0 Å². The summed E-state index contributed by atoms with van der Waals surface area (Å²) in [4.78, 5) is 18.1. The maximum Gasteiger partial charge on any atom is 0.220 e. The average Bonchev–Trinajstić information content (AvgIpc) is 2.90. The number of oxazole rings is 1. The van der Waals surface area contributed by atoms with Gasteiger partial charge in [-0.15, -0.1) is 0 Å². The Bertz CT molecular complexity index is 857. The topological polar surface area (TPSA) is 46.3 Å². The van der Waals surface area contributed by atoms with Crippen molar-refractivity contribution in [2.45, 2.75) is 26.9 Å². The SMILES string of the molecule is CC(=O)N(Cc1nc2cc(C)ccc2o1)Cc1ccccc1Cl. The summed E-state index contributed by atoms with van der Waals surface area (Å²) < 4.78 is 5.73. The Morgan fingerprint density at radius 1 is 1.22 bits per heavy atom. The summed E-state index contributed by atoms with van der Waals surface area (Å²) >= 11 is 6.18. The van der Waals surface area contributed by atoms with Gasteiger partial charge in [0, 0.05) is 18.5 Å². The normalized spacial score (nSPS) is 10.9. The first-order chi connectivity index (χ1) is 11.0. The summed E-state index contributed by atoms with van der Waals surface area (Å²) in [6.45, 7) is 4.28. The standard InChI is InChI=1S/C18H17ClN2O2/c1-12-7-8-17-16(9-12)20-18(23-17)11-21(13(2)22)10-14-5-3-4-6-15(14)19/h3-9H,10-11H2,1-2H3. The van der Waals surface area contributed by atoms with Crippen molar-refractivity contribution < 1.29 is 9.21 Å². The second kappa shape index (κ2) is 6.42. The number of aryl methyl sites for hydroxylation is 1. The van der Waals surface area contributed by atoms with Crippen molar-refractivity contribution in [2.75, 3.05) is 0 Å². The molecule has 0 N–H and O–H groups in total. The Kier molecular flexibility index (Phi) is 4.35. The van der Waals surface area contributed by atoms with E-state index in [4.69, 9.17) is 16.0 Å². The van der Waals surface area contributed by atoms with Crippen LogP contribution in [0.15, 0.2) is 46.9 Å². The molecule has 0 aliphatic rings. The van der Waals surface area contributed by atoms with Crippen LogP contribution in [0.4, 0.5) is 0 Å². The number of carbonyl (C=O) groups is 1. The highest BCUT2D eigenvalue weighted by Gasteiger charge is 2.15. The molecule has 0 fully saturated rings. The van der Waals surface area contributed by atoms with Gasteiger partial charge < -0.3 is 9.32 Å². The number of benzene rings is 2. The zero-order valence-corrected chi connectivity index (χ0v) is 13.8. The second-order valence-electron chi connectivity index (χ2n) is 5.55. The molecule has 1 amide bonds. The summed E-state index contributed by atoms with van der Waals surface area (Å²) in [5, 5.41) is 0.645. The molecule has 1 aromatic heterocycles. The number of nitrogens with zero attached hydrogens (tertiary/aromatic N) is 2. The van der Waals surface area contributed by atoms with Gasteiger partial charge in [-0.1, -0.05) is 35.9 Å². The molecule has 0 bridgehead atoms. The molecule has 2 aromatic carbocycles. The molecule has 0 spiro atoms. The Balaban J connectivity index is 1.84. The number of hydrogen-bond donors (Lipinski definition) is 0. The molecule has 5 heteroatoms. The maximum atomic E-state index is 11.9. The van der Waals surface area contributed by atoms with E-state index in [1.54, 1.807) is 4.90 Å². The van der Waals surface area contributed by atoms with Gasteiger partial charge in [0.15, 0.2) is 5.58 Å². The highest BCUT2D eigenvalue weighted by molar-refractivity contribution is 6.31. The van der Waals surface area contributed by atoms with Gasteiger partial charge in [-0.2, -0.15) is 0 Å². The highest BCUT2D eigenvalue weighted by atomic mass is 35.5. The van der Waals surface area contributed by atoms with Crippen molar-refractivity contribution in [1.29, 1.82) is 0 Å². The summed E-state index contributed by atoms with van der Waals surface area (Å²) in [7, 11) is 0. The Morgan fingerprint density at radius 2 is 2.00 bits per heavy atom. The number of halogens is 1. The fourth-order valence-electron chi connectivity index (χ4n) is 2.43. The number of hydrogen-bond acceptors (Lipinski definition) is 3. The van der Waals surface area contributed by atoms with Crippen molar-refractivity contribution in [2.24, 2.45) is 0 Å². The van der Waals surface area contributed by atoms with Crippen molar-refractivity contribution in [3.63, 3.8) is 0 Å². The van der Waals surface area contributed by atoms with Gasteiger partial charge in [-0.05, 0) is 36.2 Å². The highest BCUT2D eigenvalue weighted by Crippen LogP contribution is 2.21. The zero-order chi connectivity index (χ0) is 16.4. The molecule has 0 aliphatic heterocycles. The number of rotatable bonds is 4. The molecule has 0 radical (unpaired) electrons. The smallest absolute Gasteiger partial charge is 0.220 e. The van der Waals surface area contributed by atoms with E-state index in [1.165, 1.54) is 6.92 Å². The molecule has 118 valence electrons. The fourth-order valence-corrected chi connectivity index (χ4v) is 2.62. The quantitative estimate of drug-likeness (QED) is 0.715. The van der Waals surface area contributed by atoms with Crippen LogP contribution in [-0.4, -0.2) is 15.8 Å². The Hall–Kier alpha value is -2.33. The third-order valence-corrected chi connectivity index (χ3v) is 4.05. The minimum atomic E-state index is -0.0524. The lowest BCUT2D eigenvalue weighted by Gasteiger charge is -2.20. The minimum absolute atomic E-state index is 0.0524. The number of aromatic nitrogens is 1. The minimum Gasteiger partial charge on any atom is -0.439 e. The molecular weight excluding hydrogens is 312 g/mol. The number of fused-ring (bicyclic) bond motifs is 1. The molecule has 0 saturated heterocycles. The summed E-state index contributed by atoms with van der Waals surface area (Å²) in [5.41, 5.74) is 3.56. The molecule has 23 heavy (non-hydrogen) atoms. The van der Waals surface area contributed by atoms with Crippen LogP contribution in [0.2, 0.25) is 5.02 Å². The predicted octanol–water partition coefficient (Wildman–Crippen LogP) is 4.34. The molecule has 0 atom stereocenters. The van der Waals surface area contributed by atoms with Crippen LogP contribution in [0.25, 0.3) is 11.1 Å². The summed E-state index contributed by atoms with van der Waals surface area (Å²) in [6, 6.07) is 13.3. The van der Waals surface area contributed by atoms with E-state index in [0.717, 1.165) is 22.2 Å². The van der Waals surface area contributed by atoms with E-state index >= 15 is 0 Å². The van der Waals surface area contributed by atoms with Crippen molar-refractivity contribution in [3.05, 3.63) is 64.5 Å². The first-order valence-electron chi connectivity index (χ1n) is 7.38. The third-order valence-electron chi connectivity index (χ3n) is 3.68. The third kappa shape index (κ3) is 3.54. The fraction of sp³-hybridized carbons (Fsp3) is 0.222. The van der Waals surface area contributed by atoms with Gasteiger partial charge in [-0.25, -0.2) is 4.98 Å². The van der Waals surface area contributed by atoms with Crippen LogP contribution in [0.1, 0.15) is 23.9 Å². The van der Waals surface area contributed by atoms with Crippen LogP contribution in [0.3, 0.4) is 0 Å². The van der Waals surface area contributed by atoms with Gasteiger partial charge in [0.05, 0.1) is 6.54 Å². The molecule has 0 aliphatic carbocycles.